The summed E-state index contributed by atoms with van der Waals surface area (Å²) >= 11 is 0. The zero-order chi connectivity index (χ0) is 25.9. The van der Waals surface area contributed by atoms with Crippen molar-refractivity contribution in [3.8, 4) is 5.69 Å². The van der Waals surface area contributed by atoms with E-state index in [1.165, 1.54) is 0 Å². The molecule has 186 valence electrons. The number of carbonyl (C=O) groups excluding carboxylic acids is 2. The van der Waals surface area contributed by atoms with Crippen LogP contribution in [0.1, 0.15) is 33.1 Å². The maximum absolute atomic E-state index is 13.0. The third-order valence-electron chi connectivity index (χ3n) is 6.48. The minimum absolute atomic E-state index is 0.00493. The average molecular weight is 493 g/mol. The Morgan fingerprint density at radius 1 is 0.946 bits per heavy atom. The predicted molar refractivity (Wildman–Crippen MR) is 144 cm³/mol. The van der Waals surface area contributed by atoms with Crippen molar-refractivity contribution in [2.24, 2.45) is 0 Å². The number of nitrogens with zero attached hydrogens (tertiary/aromatic N) is 3. The first-order valence-electron chi connectivity index (χ1n) is 12.1. The van der Waals surface area contributed by atoms with Crippen LogP contribution in [0.3, 0.4) is 0 Å². The van der Waals surface area contributed by atoms with E-state index < -0.39 is 0 Å². The highest BCUT2D eigenvalue weighted by atomic mass is 16.3. The third kappa shape index (κ3) is 5.16. The summed E-state index contributed by atoms with van der Waals surface area (Å²) in [4.78, 5) is 27.3. The lowest BCUT2D eigenvalue weighted by atomic mass is 10.1. The number of furan rings is 1. The van der Waals surface area contributed by atoms with Crippen LogP contribution in [0.15, 0.2) is 89.3 Å². The number of hydrogen-bond acceptors (Lipinski definition) is 4. The van der Waals surface area contributed by atoms with Gasteiger partial charge >= 0.3 is 0 Å². The van der Waals surface area contributed by atoms with Gasteiger partial charge in [-0.3, -0.25) is 9.59 Å². The van der Waals surface area contributed by atoms with E-state index >= 15 is 0 Å². The van der Waals surface area contributed by atoms with Crippen molar-refractivity contribution in [1.82, 2.24) is 14.7 Å². The fourth-order valence-electron chi connectivity index (χ4n) is 4.35. The first-order valence-corrected chi connectivity index (χ1v) is 12.1. The summed E-state index contributed by atoms with van der Waals surface area (Å²) in [7, 11) is 1.81. The van der Waals surface area contributed by atoms with Gasteiger partial charge in [-0.1, -0.05) is 48.5 Å². The molecule has 0 unspecified atom stereocenters. The summed E-state index contributed by atoms with van der Waals surface area (Å²) in [6, 6.07) is 26.5. The van der Waals surface area contributed by atoms with E-state index in [0.717, 1.165) is 33.6 Å². The Bertz CT molecular complexity index is 1530. The molecule has 7 nitrogen and oxygen atoms in total. The molecule has 0 atom stereocenters. The highest BCUT2D eigenvalue weighted by Gasteiger charge is 2.18. The van der Waals surface area contributed by atoms with Crippen LogP contribution in [0.2, 0.25) is 0 Å². The molecule has 0 saturated carbocycles. The Morgan fingerprint density at radius 3 is 2.38 bits per heavy atom. The summed E-state index contributed by atoms with van der Waals surface area (Å²) in [5.74, 6) is -0.0601. The molecular formula is C30H28N4O3. The number of fused-ring (bicyclic) bond motifs is 1. The van der Waals surface area contributed by atoms with Gasteiger partial charge in [0.15, 0.2) is 5.76 Å². The van der Waals surface area contributed by atoms with E-state index in [2.05, 4.69) is 10.4 Å². The number of carbonyl (C=O) groups is 2. The van der Waals surface area contributed by atoms with Crippen molar-refractivity contribution < 1.29 is 14.0 Å². The minimum Gasteiger partial charge on any atom is -0.451 e. The standard InChI is InChI=1S/C30H28N4O3/c1-20-26(21(2)34(32-20)25-10-5-4-6-11-25)19-33(3)29(35)17-22-13-15-24(16-14-22)31-30(36)28-18-23-9-7-8-12-27(23)37-28/h4-16,18H,17,19H2,1-3H3,(H,31,36). The molecule has 0 bridgehead atoms. The average Bonchev–Trinajstić information content (AvgIpc) is 3.47. The number of benzene rings is 3. The van der Waals surface area contributed by atoms with Gasteiger partial charge in [-0.2, -0.15) is 5.10 Å². The Kier molecular flexibility index (Phi) is 6.60. The van der Waals surface area contributed by atoms with E-state index in [9.17, 15) is 9.59 Å². The Hall–Kier alpha value is -4.65. The van der Waals surface area contributed by atoms with Crippen LogP contribution >= 0.6 is 0 Å². The highest BCUT2D eigenvalue weighted by molar-refractivity contribution is 6.04. The molecule has 37 heavy (non-hydrogen) atoms. The monoisotopic (exact) mass is 492 g/mol. The van der Waals surface area contributed by atoms with Gasteiger partial charge in [0.2, 0.25) is 5.91 Å². The van der Waals surface area contributed by atoms with E-state index in [0.29, 0.717) is 17.8 Å². The molecule has 0 spiro atoms. The molecule has 0 aliphatic heterocycles. The van der Waals surface area contributed by atoms with Crippen molar-refractivity contribution in [2.45, 2.75) is 26.8 Å². The summed E-state index contributed by atoms with van der Waals surface area (Å²) in [5.41, 5.74) is 6.14. The van der Waals surface area contributed by atoms with E-state index in [4.69, 9.17) is 4.42 Å². The van der Waals surface area contributed by atoms with Gasteiger partial charge in [-0.25, -0.2) is 4.68 Å². The SMILES string of the molecule is Cc1nn(-c2ccccc2)c(C)c1CN(C)C(=O)Cc1ccc(NC(=O)c2cc3ccccc3o2)cc1. The van der Waals surface area contributed by atoms with Crippen molar-refractivity contribution in [3.05, 3.63) is 113 Å². The predicted octanol–water partition coefficient (Wildman–Crippen LogP) is 5.69. The van der Waals surface area contributed by atoms with Gasteiger partial charge in [0.05, 0.1) is 17.8 Å². The molecule has 5 rings (SSSR count). The molecule has 2 amide bonds. The lowest BCUT2D eigenvalue weighted by Crippen LogP contribution is -2.28. The van der Waals surface area contributed by atoms with Crippen LogP contribution in [0.4, 0.5) is 5.69 Å². The number of rotatable bonds is 7. The molecule has 0 saturated heterocycles. The summed E-state index contributed by atoms with van der Waals surface area (Å²) in [6.07, 6.45) is 0.263. The van der Waals surface area contributed by atoms with Crippen molar-refractivity contribution in [2.75, 3.05) is 12.4 Å². The molecule has 7 heteroatoms. The normalized spacial score (nSPS) is 11.0. The Labute approximate surface area is 215 Å². The smallest absolute Gasteiger partial charge is 0.291 e. The van der Waals surface area contributed by atoms with Crippen molar-refractivity contribution in [3.63, 3.8) is 0 Å². The second-order valence-electron chi connectivity index (χ2n) is 9.12. The maximum Gasteiger partial charge on any atom is 0.291 e. The van der Waals surface area contributed by atoms with Crippen molar-refractivity contribution >= 4 is 28.5 Å². The van der Waals surface area contributed by atoms with Crippen LogP contribution < -0.4 is 5.32 Å². The fourth-order valence-corrected chi connectivity index (χ4v) is 4.35. The second-order valence-corrected chi connectivity index (χ2v) is 9.12. The topological polar surface area (TPSA) is 80.4 Å². The Balaban J connectivity index is 1.20. The first-order chi connectivity index (χ1) is 17.9. The number of likely N-dealkylation sites (N-methyl/N-ethyl adjacent to an activating group) is 1. The first kappa shape index (κ1) is 24.1. The largest absolute Gasteiger partial charge is 0.451 e. The number of para-hydroxylation sites is 2. The second kappa shape index (κ2) is 10.1. The van der Waals surface area contributed by atoms with Gasteiger partial charge in [0.25, 0.3) is 5.91 Å². The fraction of sp³-hybridized carbons (Fsp3) is 0.167. The molecule has 3 aromatic carbocycles. The van der Waals surface area contributed by atoms with Gasteiger partial charge in [-0.15, -0.1) is 0 Å². The number of amides is 2. The van der Waals surface area contributed by atoms with Gasteiger partial charge in [0, 0.05) is 35.9 Å². The number of nitrogens with one attached hydrogen (secondary N) is 1. The molecule has 0 radical (unpaired) electrons. The lowest BCUT2D eigenvalue weighted by Gasteiger charge is -2.18. The van der Waals surface area contributed by atoms with E-state index in [1.807, 2.05) is 92.3 Å². The lowest BCUT2D eigenvalue weighted by molar-refractivity contribution is -0.129. The van der Waals surface area contributed by atoms with E-state index in [-0.39, 0.29) is 24.0 Å². The molecule has 1 N–H and O–H groups in total. The summed E-state index contributed by atoms with van der Waals surface area (Å²) < 4.78 is 7.55. The molecule has 0 aliphatic carbocycles. The van der Waals surface area contributed by atoms with Crippen LogP contribution in [0.5, 0.6) is 0 Å². The van der Waals surface area contributed by atoms with Crippen LogP contribution in [-0.2, 0) is 17.8 Å². The van der Waals surface area contributed by atoms with Crippen LogP contribution in [0, 0.1) is 13.8 Å². The zero-order valence-corrected chi connectivity index (χ0v) is 21.1. The molecule has 5 aromatic rings. The molecule has 2 heterocycles. The van der Waals surface area contributed by atoms with Gasteiger partial charge in [0.1, 0.15) is 5.58 Å². The van der Waals surface area contributed by atoms with Gasteiger partial charge in [-0.05, 0) is 55.8 Å². The molecule has 0 fully saturated rings. The molecule has 2 aromatic heterocycles. The highest BCUT2D eigenvalue weighted by Crippen LogP contribution is 2.21. The number of aromatic nitrogens is 2. The number of aryl methyl sites for hydroxylation is 1. The summed E-state index contributed by atoms with van der Waals surface area (Å²) in [5, 5.41) is 8.41. The van der Waals surface area contributed by atoms with Gasteiger partial charge < -0.3 is 14.6 Å². The quantitative estimate of drug-likeness (QED) is 0.317. The summed E-state index contributed by atoms with van der Waals surface area (Å²) in [6.45, 7) is 4.48. The third-order valence-corrected chi connectivity index (χ3v) is 6.48. The van der Waals surface area contributed by atoms with E-state index in [1.54, 1.807) is 23.1 Å². The van der Waals surface area contributed by atoms with Crippen LogP contribution in [0.25, 0.3) is 16.7 Å². The molecule has 0 aliphatic rings. The Morgan fingerprint density at radius 2 is 1.65 bits per heavy atom. The van der Waals surface area contributed by atoms with Crippen LogP contribution in [-0.4, -0.2) is 33.5 Å². The maximum atomic E-state index is 13.0. The number of hydrogen-bond donors (Lipinski definition) is 1. The minimum atomic E-state index is -0.318. The molecular weight excluding hydrogens is 464 g/mol. The van der Waals surface area contributed by atoms with Crippen molar-refractivity contribution in [1.29, 1.82) is 0 Å². The number of anilines is 1. The zero-order valence-electron chi connectivity index (χ0n) is 21.1.